The summed E-state index contributed by atoms with van der Waals surface area (Å²) in [5, 5.41) is 2.83. The predicted molar refractivity (Wildman–Crippen MR) is 127 cm³/mol. The van der Waals surface area contributed by atoms with Crippen LogP contribution in [0, 0.1) is 0 Å². The molecule has 1 saturated heterocycles. The normalized spacial score (nSPS) is 18.4. The summed E-state index contributed by atoms with van der Waals surface area (Å²) in [6, 6.07) is 12.8. The summed E-state index contributed by atoms with van der Waals surface area (Å²) in [7, 11) is 0. The third kappa shape index (κ3) is 4.80. The van der Waals surface area contributed by atoms with Crippen LogP contribution in [0.25, 0.3) is 5.70 Å². The lowest BCUT2D eigenvalue weighted by Crippen LogP contribution is -2.45. The summed E-state index contributed by atoms with van der Waals surface area (Å²) in [5.74, 6) is 1.29. The van der Waals surface area contributed by atoms with Crippen molar-refractivity contribution < 1.29 is 9.53 Å². The molecule has 0 atom stereocenters. The molecule has 0 saturated carbocycles. The third-order valence-corrected chi connectivity index (χ3v) is 6.71. The first-order valence-electron chi connectivity index (χ1n) is 11.9. The highest BCUT2D eigenvalue weighted by Crippen LogP contribution is 2.29. The lowest BCUT2D eigenvalue weighted by atomic mass is 9.94. The Morgan fingerprint density at radius 2 is 1.81 bits per heavy atom. The van der Waals surface area contributed by atoms with Gasteiger partial charge in [0.25, 0.3) is 0 Å². The smallest absolute Gasteiger partial charge is 0.225 e. The van der Waals surface area contributed by atoms with Crippen molar-refractivity contribution in [1.29, 1.82) is 0 Å². The monoisotopic (exact) mass is 432 g/mol. The summed E-state index contributed by atoms with van der Waals surface area (Å²) in [6.45, 7) is 6.20. The van der Waals surface area contributed by atoms with Gasteiger partial charge in [-0.15, -0.1) is 0 Å². The molecule has 3 aliphatic rings. The van der Waals surface area contributed by atoms with Crippen molar-refractivity contribution >= 4 is 17.4 Å². The quantitative estimate of drug-likeness (QED) is 0.676. The Hall–Kier alpha value is -2.86. The van der Waals surface area contributed by atoms with Crippen LogP contribution in [-0.4, -0.2) is 60.0 Å². The van der Waals surface area contributed by atoms with Crippen LogP contribution in [-0.2, 0) is 17.6 Å². The van der Waals surface area contributed by atoms with Crippen LogP contribution < -0.4 is 10.1 Å². The Bertz CT molecular complexity index is 995. The number of amides is 1. The summed E-state index contributed by atoms with van der Waals surface area (Å²) >= 11 is 0. The predicted octanol–water partition coefficient (Wildman–Crippen LogP) is 3.73. The van der Waals surface area contributed by atoms with E-state index in [9.17, 15) is 4.79 Å². The fourth-order valence-corrected chi connectivity index (χ4v) is 4.89. The van der Waals surface area contributed by atoms with Crippen molar-refractivity contribution in [1.82, 2.24) is 14.8 Å². The van der Waals surface area contributed by atoms with Crippen LogP contribution in [0.5, 0.6) is 5.88 Å². The molecule has 1 aliphatic carbocycles. The molecule has 32 heavy (non-hydrogen) atoms. The number of anilines is 1. The molecule has 1 amide bonds. The molecule has 168 valence electrons. The number of unbranched alkanes of at least 4 members (excludes halogenated alkanes) is 1. The molecule has 5 rings (SSSR count). The number of nitrogens with zero attached hydrogens (tertiary/aromatic N) is 3. The summed E-state index contributed by atoms with van der Waals surface area (Å²) in [6.07, 6.45) is 8.15. The van der Waals surface area contributed by atoms with Crippen molar-refractivity contribution in [2.24, 2.45) is 0 Å². The van der Waals surface area contributed by atoms with Gasteiger partial charge in [0.15, 0.2) is 0 Å². The van der Waals surface area contributed by atoms with E-state index in [4.69, 9.17) is 4.74 Å². The second-order valence-electron chi connectivity index (χ2n) is 8.87. The van der Waals surface area contributed by atoms with Crippen LogP contribution in [0.2, 0.25) is 0 Å². The molecule has 1 aromatic carbocycles. The van der Waals surface area contributed by atoms with Crippen molar-refractivity contribution in [3.63, 3.8) is 0 Å². The molecule has 3 heterocycles. The first-order chi connectivity index (χ1) is 15.8. The Kier molecular flexibility index (Phi) is 6.39. The van der Waals surface area contributed by atoms with Gasteiger partial charge in [-0.05, 0) is 55.8 Å². The standard InChI is InChI=1S/C26H32N4O2/c31-24-12-10-21-11-13-25(28-26(21)27-24)32-19-4-3-14-29-15-17-30(18-16-29)23-9-5-7-20-6-1-2-8-22(20)23/h1-2,6,8-9,11,13H,3-5,7,10,12,14-19H2,(H,27,28,31). The lowest BCUT2D eigenvalue weighted by Gasteiger charge is -2.38. The first-order valence-corrected chi connectivity index (χ1v) is 11.9. The number of carbonyl (C=O) groups is 1. The highest BCUT2D eigenvalue weighted by Gasteiger charge is 2.22. The fraction of sp³-hybridized carbons (Fsp3) is 0.462. The SMILES string of the molecule is O=C1CCc2ccc(OCCCCN3CCN(C4=CCCc5ccccc54)CC3)nc2N1. The molecule has 1 N–H and O–H groups in total. The van der Waals surface area contributed by atoms with E-state index in [2.05, 4.69) is 50.4 Å². The van der Waals surface area contributed by atoms with E-state index in [1.165, 1.54) is 16.8 Å². The average molecular weight is 433 g/mol. The number of rotatable bonds is 7. The second-order valence-corrected chi connectivity index (χ2v) is 8.87. The van der Waals surface area contributed by atoms with E-state index in [1.807, 2.05) is 12.1 Å². The van der Waals surface area contributed by atoms with Gasteiger partial charge in [-0.2, -0.15) is 4.98 Å². The van der Waals surface area contributed by atoms with E-state index < -0.39 is 0 Å². The van der Waals surface area contributed by atoms with Gasteiger partial charge < -0.3 is 15.0 Å². The van der Waals surface area contributed by atoms with Crippen molar-refractivity contribution in [2.45, 2.75) is 38.5 Å². The van der Waals surface area contributed by atoms with Crippen LogP contribution in [0.1, 0.15) is 42.4 Å². The number of aryl methyl sites for hydroxylation is 2. The molecule has 0 bridgehead atoms. The van der Waals surface area contributed by atoms with Gasteiger partial charge in [0, 0.05) is 49.9 Å². The molecule has 2 aromatic rings. The number of aromatic nitrogens is 1. The molecular weight excluding hydrogens is 400 g/mol. The maximum Gasteiger partial charge on any atom is 0.225 e. The average Bonchev–Trinajstić information content (AvgIpc) is 2.83. The fourth-order valence-electron chi connectivity index (χ4n) is 4.89. The minimum Gasteiger partial charge on any atom is -0.478 e. The van der Waals surface area contributed by atoms with Crippen molar-refractivity contribution in [2.75, 3.05) is 44.6 Å². The number of pyridine rings is 1. The molecule has 1 aromatic heterocycles. The highest BCUT2D eigenvalue weighted by atomic mass is 16.5. The zero-order valence-corrected chi connectivity index (χ0v) is 18.7. The Morgan fingerprint density at radius 3 is 2.72 bits per heavy atom. The summed E-state index contributed by atoms with van der Waals surface area (Å²) < 4.78 is 5.83. The molecule has 0 spiro atoms. The molecule has 1 fully saturated rings. The number of hydrogen-bond donors (Lipinski definition) is 1. The van der Waals surface area contributed by atoms with Crippen molar-refractivity contribution in [3.05, 3.63) is 59.2 Å². The molecule has 0 radical (unpaired) electrons. The number of benzene rings is 1. The minimum atomic E-state index is 0.0335. The van der Waals surface area contributed by atoms with Gasteiger partial charge in [0.2, 0.25) is 11.8 Å². The van der Waals surface area contributed by atoms with Gasteiger partial charge in [-0.1, -0.05) is 30.3 Å². The number of fused-ring (bicyclic) bond motifs is 2. The summed E-state index contributed by atoms with van der Waals surface area (Å²) in [4.78, 5) is 21.1. The zero-order valence-electron chi connectivity index (χ0n) is 18.7. The highest BCUT2D eigenvalue weighted by molar-refractivity contribution is 5.92. The van der Waals surface area contributed by atoms with Gasteiger partial charge >= 0.3 is 0 Å². The molecule has 6 heteroatoms. The lowest BCUT2D eigenvalue weighted by molar-refractivity contribution is -0.116. The number of nitrogens with one attached hydrogen (secondary N) is 1. The maximum absolute atomic E-state index is 11.5. The minimum absolute atomic E-state index is 0.0335. The van der Waals surface area contributed by atoms with E-state index in [1.54, 1.807) is 0 Å². The zero-order chi connectivity index (χ0) is 21.8. The van der Waals surface area contributed by atoms with Gasteiger partial charge in [-0.25, -0.2) is 0 Å². The first kappa shape index (κ1) is 21.0. The second kappa shape index (κ2) is 9.74. The Balaban J connectivity index is 1.02. The topological polar surface area (TPSA) is 57.7 Å². The number of piperazine rings is 1. The maximum atomic E-state index is 11.5. The summed E-state index contributed by atoms with van der Waals surface area (Å²) in [5.41, 5.74) is 5.44. The van der Waals surface area contributed by atoms with E-state index in [-0.39, 0.29) is 5.91 Å². The van der Waals surface area contributed by atoms with Gasteiger partial charge in [0.05, 0.1) is 6.61 Å². The Morgan fingerprint density at radius 1 is 0.938 bits per heavy atom. The molecule has 6 nitrogen and oxygen atoms in total. The molecule has 0 unspecified atom stereocenters. The van der Waals surface area contributed by atoms with Crippen molar-refractivity contribution in [3.8, 4) is 5.88 Å². The van der Waals surface area contributed by atoms with Gasteiger partial charge in [0.1, 0.15) is 5.82 Å². The number of hydrogen-bond acceptors (Lipinski definition) is 5. The third-order valence-electron chi connectivity index (χ3n) is 6.71. The van der Waals surface area contributed by atoms with E-state index in [0.29, 0.717) is 24.7 Å². The molecular formula is C26H32N4O2. The van der Waals surface area contributed by atoms with Crippen LogP contribution in [0.4, 0.5) is 5.82 Å². The van der Waals surface area contributed by atoms with E-state index >= 15 is 0 Å². The number of ether oxygens (including phenoxy) is 1. The van der Waals surface area contributed by atoms with Gasteiger partial charge in [-0.3, -0.25) is 9.69 Å². The molecule has 2 aliphatic heterocycles. The number of carbonyl (C=O) groups excluding carboxylic acids is 1. The largest absolute Gasteiger partial charge is 0.478 e. The van der Waals surface area contributed by atoms with Crippen LogP contribution in [0.15, 0.2) is 42.5 Å². The van der Waals surface area contributed by atoms with Crippen LogP contribution >= 0.6 is 0 Å². The number of allylic oxidation sites excluding steroid dienone is 1. The van der Waals surface area contributed by atoms with E-state index in [0.717, 1.165) is 70.4 Å². The van der Waals surface area contributed by atoms with Crippen LogP contribution in [0.3, 0.4) is 0 Å². The Labute approximate surface area is 190 Å².